The summed E-state index contributed by atoms with van der Waals surface area (Å²) in [5, 5.41) is 4.86. The first-order valence-corrected chi connectivity index (χ1v) is 5.32. The lowest BCUT2D eigenvalue weighted by Crippen LogP contribution is -2.41. The average molecular weight is 236 g/mol. The zero-order valence-corrected chi connectivity index (χ0v) is 9.69. The normalized spacial score (nSPS) is 9.76. The summed E-state index contributed by atoms with van der Waals surface area (Å²) in [6, 6.07) is 5.49. The van der Waals surface area contributed by atoms with Crippen LogP contribution in [0.4, 0.5) is 0 Å². The third-order valence-electron chi connectivity index (χ3n) is 2.01. The first-order valence-electron chi connectivity index (χ1n) is 5.32. The van der Waals surface area contributed by atoms with Gasteiger partial charge in [-0.05, 0) is 19.1 Å². The van der Waals surface area contributed by atoms with E-state index in [2.05, 4.69) is 15.6 Å². The number of nitrogens with two attached hydrogens (primary N) is 1. The Hall–Kier alpha value is -1.95. The van der Waals surface area contributed by atoms with Crippen molar-refractivity contribution < 1.29 is 9.59 Å². The number of carbonyl (C=O) groups excluding carboxylic acids is 2. The van der Waals surface area contributed by atoms with E-state index in [1.54, 1.807) is 6.07 Å². The molecule has 1 aromatic heterocycles. The van der Waals surface area contributed by atoms with Gasteiger partial charge in [0.1, 0.15) is 0 Å². The molecule has 0 spiro atoms. The smallest absolute Gasteiger partial charge is 0.309 e. The molecule has 0 aliphatic heterocycles. The van der Waals surface area contributed by atoms with Crippen molar-refractivity contribution >= 4 is 11.8 Å². The van der Waals surface area contributed by atoms with E-state index in [0.717, 1.165) is 5.69 Å². The molecule has 6 nitrogen and oxygen atoms in total. The van der Waals surface area contributed by atoms with Crippen LogP contribution in [0.3, 0.4) is 0 Å². The van der Waals surface area contributed by atoms with Crippen LogP contribution in [0.5, 0.6) is 0 Å². The van der Waals surface area contributed by atoms with Gasteiger partial charge in [-0.15, -0.1) is 0 Å². The van der Waals surface area contributed by atoms with E-state index in [0.29, 0.717) is 12.2 Å². The van der Waals surface area contributed by atoms with E-state index in [-0.39, 0.29) is 13.1 Å². The molecule has 0 unspecified atom stereocenters. The van der Waals surface area contributed by atoms with Crippen LogP contribution in [0, 0.1) is 6.92 Å². The first kappa shape index (κ1) is 13.1. The number of amides is 2. The Balaban J connectivity index is 2.40. The van der Waals surface area contributed by atoms with E-state index >= 15 is 0 Å². The zero-order chi connectivity index (χ0) is 12.7. The Bertz CT molecular complexity index is 406. The summed E-state index contributed by atoms with van der Waals surface area (Å²) in [5.41, 5.74) is 6.78. The summed E-state index contributed by atoms with van der Waals surface area (Å²) < 4.78 is 0. The molecule has 0 aliphatic rings. The fourth-order valence-electron chi connectivity index (χ4n) is 1.22. The van der Waals surface area contributed by atoms with Crippen LogP contribution in [0.1, 0.15) is 11.4 Å². The maximum Gasteiger partial charge on any atom is 0.309 e. The summed E-state index contributed by atoms with van der Waals surface area (Å²) in [6.07, 6.45) is 0. The van der Waals surface area contributed by atoms with Crippen LogP contribution in [-0.2, 0) is 16.1 Å². The van der Waals surface area contributed by atoms with Gasteiger partial charge in [0, 0.05) is 18.8 Å². The van der Waals surface area contributed by atoms with Gasteiger partial charge in [-0.3, -0.25) is 14.6 Å². The van der Waals surface area contributed by atoms with Crippen LogP contribution in [-0.4, -0.2) is 29.9 Å². The average Bonchev–Trinajstić information content (AvgIpc) is 2.33. The molecule has 0 saturated heterocycles. The Morgan fingerprint density at radius 1 is 1.29 bits per heavy atom. The number of nitrogens with one attached hydrogen (secondary N) is 2. The van der Waals surface area contributed by atoms with Crippen molar-refractivity contribution in [2.45, 2.75) is 13.5 Å². The van der Waals surface area contributed by atoms with Gasteiger partial charge >= 0.3 is 11.8 Å². The van der Waals surface area contributed by atoms with Crippen LogP contribution in [0.25, 0.3) is 0 Å². The number of pyridine rings is 1. The number of hydrogen-bond donors (Lipinski definition) is 3. The van der Waals surface area contributed by atoms with E-state index < -0.39 is 11.8 Å². The fraction of sp³-hybridized carbons (Fsp3) is 0.364. The molecule has 0 bridgehead atoms. The Morgan fingerprint density at radius 2 is 2.00 bits per heavy atom. The minimum absolute atomic E-state index is 0.233. The lowest BCUT2D eigenvalue weighted by atomic mass is 10.3. The monoisotopic (exact) mass is 236 g/mol. The molecule has 2 amide bonds. The molecule has 17 heavy (non-hydrogen) atoms. The lowest BCUT2D eigenvalue weighted by molar-refractivity contribution is -0.139. The Labute approximate surface area is 99.6 Å². The second-order valence-corrected chi connectivity index (χ2v) is 3.50. The van der Waals surface area contributed by atoms with Crippen molar-refractivity contribution in [3.63, 3.8) is 0 Å². The van der Waals surface area contributed by atoms with Crippen LogP contribution >= 0.6 is 0 Å². The van der Waals surface area contributed by atoms with E-state index in [4.69, 9.17) is 5.73 Å². The molecule has 1 aromatic rings. The molecule has 92 valence electrons. The Kier molecular flexibility index (Phi) is 5.09. The lowest BCUT2D eigenvalue weighted by Gasteiger charge is -2.05. The molecular formula is C11H16N4O2. The molecule has 1 heterocycles. The standard InChI is InChI=1S/C11H16N4O2/c1-8-3-2-4-9(15-8)7-14-11(17)10(16)13-6-5-12/h2-4H,5-7,12H2,1H3,(H,13,16)(H,14,17). The van der Waals surface area contributed by atoms with Crippen LogP contribution < -0.4 is 16.4 Å². The molecule has 0 saturated carbocycles. The molecular weight excluding hydrogens is 220 g/mol. The zero-order valence-electron chi connectivity index (χ0n) is 9.69. The van der Waals surface area contributed by atoms with Crippen molar-refractivity contribution in [1.29, 1.82) is 0 Å². The number of hydrogen-bond acceptors (Lipinski definition) is 4. The first-order chi connectivity index (χ1) is 8.13. The van der Waals surface area contributed by atoms with E-state index in [9.17, 15) is 9.59 Å². The summed E-state index contributed by atoms with van der Waals surface area (Å²) in [4.78, 5) is 26.7. The number of aromatic nitrogens is 1. The van der Waals surface area contributed by atoms with Gasteiger partial charge in [0.2, 0.25) is 0 Å². The highest BCUT2D eigenvalue weighted by atomic mass is 16.2. The number of carbonyl (C=O) groups is 2. The third-order valence-corrected chi connectivity index (χ3v) is 2.01. The minimum atomic E-state index is -0.679. The van der Waals surface area contributed by atoms with Crippen molar-refractivity contribution in [2.24, 2.45) is 5.73 Å². The van der Waals surface area contributed by atoms with Crippen molar-refractivity contribution in [3.05, 3.63) is 29.6 Å². The number of nitrogens with zero attached hydrogens (tertiary/aromatic N) is 1. The SMILES string of the molecule is Cc1cccc(CNC(=O)C(=O)NCCN)n1. The predicted molar refractivity (Wildman–Crippen MR) is 62.9 cm³/mol. The highest BCUT2D eigenvalue weighted by Crippen LogP contribution is 1.97. The van der Waals surface area contributed by atoms with Crippen molar-refractivity contribution in [3.8, 4) is 0 Å². The molecule has 0 fully saturated rings. The summed E-state index contributed by atoms with van der Waals surface area (Å²) >= 11 is 0. The van der Waals surface area contributed by atoms with E-state index in [1.165, 1.54) is 0 Å². The van der Waals surface area contributed by atoms with Crippen LogP contribution in [0.15, 0.2) is 18.2 Å². The van der Waals surface area contributed by atoms with Crippen LogP contribution in [0.2, 0.25) is 0 Å². The molecule has 4 N–H and O–H groups in total. The number of aryl methyl sites for hydroxylation is 1. The summed E-state index contributed by atoms with van der Waals surface area (Å²) in [5.74, 6) is -1.36. The van der Waals surface area contributed by atoms with Gasteiger partial charge in [0.25, 0.3) is 0 Å². The predicted octanol–water partition coefficient (Wildman–Crippen LogP) is -0.919. The van der Waals surface area contributed by atoms with Gasteiger partial charge in [0.05, 0.1) is 12.2 Å². The topological polar surface area (TPSA) is 97.1 Å². The molecule has 1 rings (SSSR count). The second-order valence-electron chi connectivity index (χ2n) is 3.50. The highest BCUT2D eigenvalue weighted by molar-refractivity contribution is 6.35. The highest BCUT2D eigenvalue weighted by Gasteiger charge is 2.11. The number of rotatable bonds is 4. The largest absolute Gasteiger partial charge is 0.347 e. The molecule has 0 aliphatic carbocycles. The molecule has 0 atom stereocenters. The summed E-state index contributed by atoms with van der Waals surface area (Å²) in [6.45, 7) is 2.68. The van der Waals surface area contributed by atoms with Gasteiger partial charge in [-0.2, -0.15) is 0 Å². The minimum Gasteiger partial charge on any atom is -0.347 e. The van der Waals surface area contributed by atoms with Gasteiger partial charge in [0.15, 0.2) is 0 Å². The quantitative estimate of drug-likeness (QED) is 0.589. The van der Waals surface area contributed by atoms with Gasteiger partial charge < -0.3 is 16.4 Å². The van der Waals surface area contributed by atoms with E-state index in [1.807, 2.05) is 19.1 Å². The molecule has 0 aromatic carbocycles. The van der Waals surface area contributed by atoms with Gasteiger partial charge in [-0.1, -0.05) is 6.07 Å². The maximum absolute atomic E-state index is 11.3. The van der Waals surface area contributed by atoms with Crippen molar-refractivity contribution in [2.75, 3.05) is 13.1 Å². The molecule has 0 radical (unpaired) electrons. The summed E-state index contributed by atoms with van der Waals surface area (Å²) in [7, 11) is 0. The Morgan fingerprint density at radius 3 is 2.65 bits per heavy atom. The third kappa shape index (κ3) is 4.60. The fourth-order valence-corrected chi connectivity index (χ4v) is 1.22. The van der Waals surface area contributed by atoms with Crippen molar-refractivity contribution in [1.82, 2.24) is 15.6 Å². The molecule has 6 heteroatoms. The van der Waals surface area contributed by atoms with Gasteiger partial charge in [-0.25, -0.2) is 0 Å². The maximum atomic E-state index is 11.3. The second kappa shape index (κ2) is 6.59.